The Bertz CT molecular complexity index is 1380. The molecule has 41 heavy (non-hydrogen) atoms. The molecule has 2 heterocycles. The summed E-state index contributed by atoms with van der Waals surface area (Å²) in [5.41, 5.74) is 12.3. The number of nitrogens with one attached hydrogen (secondary N) is 1. The van der Waals surface area contributed by atoms with Gasteiger partial charge in [-0.15, -0.1) is 10.2 Å². The van der Waals surface area contributed by atoms with Gasteiger partial charge in [0.1, 0.15) is 11.6 Å². The molecule has 0 aliphatic heterocycles. The topological polar surface area (TPSA) is 208 Å². The number of carbonyl (C=O) groups excluding carboxylic acids is 3. The molecule has 0 fully saturated rings. The van der Waals surface area contributed by atoms with E-state index in [-0.39, 0.29) is 122 Å². The number of nitrogens with two attached hydrogens (primary N) is 2. The molecular formula is C23H25Br3K2N8O5. The molecule has 5 N–H and O–H groups in total. The Balaban J connectivity index is -0.000000524. The summed E-state index contributed by atoms with van der Waals surface area (Å²) in [7, 11) is 0. The Morgan fingerprint density at radius 3 is 1.85 bits per heavy atom. The predicted molar refractivity (Wildman–Crippen MR) is 151 cm³/mol. The quantitative estimate of drug-likeness (QED) is 0.0583. The van der Waals surface area contributed by atoms with Crippen LogP contribution in [0.2, 0.25) is 0 Å². The minimum Gasteiger partial charge on any atom is -1.00 e. The van der Waals surface area contributed by atoms with E-state index in [9.17, 15) is 9.59 Å². The van der Waals surface area contributed by atoms with Gasteiger partial charge in [-0.25, -0.2) is 14.6 Å². The van der Waals surface area contributed by atoms with Crippen LogP contribution in [-0.2, 0) is 21.6 Å². The van der Waals surface area contributed by atoms with Gasteiger partial charge in [0.25, 0.3) is 18.3 Å². The van der Waals surface area contributed by atoms with Crippen LogP contribution in [0.1, 0.15) is 45.4 Å². The number of primary amides is 2. The molecule has 210 valence electrons. The maximum absolute atomic E-state index is 10.9. The zero-order chi connectivity index (χ0) is 29.4. The third-order valence-electron chi connectivity index (χ3n) is 4.20. The van der Waals surface area contributed by atoms with Gasteiger partial charge in [-0.05, 0) is 49.2 Å². The van der Waals surface area contributed by atoms with E-state index in [0.29, 0.717) is 18.2 Å². The summed E-state index contributed by atoms with van der Waals surface area (Å²) in [5.74, 6) is 0.119. The molecule has 2 amide bonds. The largest absolute Gasteiger partial charge is 1.00 e. The minimum atomic E-state index is -0.612. The van der Waals surface area contributed by atoms with Crippen molar-refractivity contribution in [1.82, 2.24) is 29.9 Å². The van der Waals surface area contributed by atoms with E-state index in [4.69, 9.17) is 21.5 Å². The van der Waals surface area contributed by atoms with Crippen molar-refractivity contribution >= 4 is 66.1 Å². The molecule has 18 heteroatoms. The number of hydrogen-bond acceptors (Lipinski definition) is 9. The molecule has 0 aliphatic carbocycles. The van der Waals surface area contributed by atoms with E-state index in [0.717, 1.165) is 19.8 Å². The number of hydrogen-bond donors (Lipinski definition) is 3. The fraction of sp³-hybridized carbons (Fsp3) is 0.174. The van der Waals surface area contributed by atoms with Crippen LogP contribution in [0, 0.1) is 13.8 Å². The maximum atomic E-state index is 10.9. The summed E-state index contributed by atoms with van der Waals surface area (Å²) in [6.07, 6.45) is 0. The minimum absolute atomic E-state index is 0. The fourth-order valence-corrected chi connectivity index (χ4v) is 3.80. The second-order valence-corrected chi connectivity index (χ2v) is 9.59. The molecular weight excluding hydrogens is 786 g/mol. The number of aryl methyl sites for hydroxylation is 2. The molecule has 2 aromatic heterocycles. The van der Waals surface area contributed by atoms with Crippen molar-refractivity contribution in [1.29, 1.82) is 0 Å². The Kier molecular flexibility index (Phi) is 25.3. The van der Waals surface area contributed by atoms with Crippen molar-refractivity contribution < 1.29 is 129 Å². The molecule has 2 aromatic carbocycles. The zero-order valence-electron chi connectivity index (χ0n) is 23.7. The number of nitrogens with zero attached hydrogens (tertiary/aromatic N) is 5. The predicted octanol–water partition coefficient (Wildman–Crippen LogP) is -3.39. The van der Waals surface area contributed by atoms with Crippen LogP contribution >= 0.6 is 47.8 Å². The number of carbonyl (C=O) groups is 3. The number of aromatic amines is 1. The number of rotatable bonds is 6. The summed E-state index contributed by atoms with van der Waals surface area (Å²) < 4.78 is 3.80. The van der Waals surface area contributed by atoms with Gasteiger partial charge in [-0.1, -0.05) is 72.1 Å². The third kappa shape index (κ3) is 18.3. The second kappa shape index (κ2) is 24.2. The molecule has 0 radical (unpaired) electrons. The molecule has 0 atom stereocenters. The monoisotopic (exact) mass is 808 g/mol. The Labute approximate surface area is 348 Å². The van der Waals surface area contributed by atoms with Crippen molar-refractivity contribution in [2.75, 3.05) is 0 Å². The van der Waals surface area contributed by atoms with E-state index >= 15 is 0 Å². The molecule has 0 unspecified atom stereocenters. The molecule has 0 saturated carbocycles. The van der Waals surface area contributed by atoms with Gasteiger partial charge in [-0.2, -0.15) is 0 Å². The number of benzene rings is 2. The molecule has 0 saturated heterocycles. The van der Waals surface area contributed by atoms with Crippen LogP contribution in [0.25, 0.3) is 0 Å². The molecule has 4 rings (SSSR count). The van der Waals surface area contributed by atoms with Crippen LogP contribution in [0.5, 0.6) is 0 Å². The summed E-state index contributed by atoms with van der Waals surface area (Å²) in [4.78, 5) is 40.2. The van der Waals surface area contributed by atoms with Crippen LogP contribution in [0.15, 0.2) is 57.5 Å². The van der Waals surface area contributed by atoms with Crippen molar-refractivity contribution in [3.8, 4) is 0 Å². The van der Waals surface area contributed by atoms with Crippen molar-refractivity contribution in [3.63, 3.8) is 0 Å². The van der Waals surface area contributed by atoms with Crippen molar-refractivity contribution in [3.05, 3.63) is 91.9 Å². The first-order valence-electron chi connectivity index (χ1n) is 10.7. The Morgan fingerprint density at radius 1 is 1.00 bits per heavy atom. The second-order valence-electron chi connectivity index (χ2n) is 7.20. The van der Waals surface area contributed by atoms with Crippen LogP contribution in [0.3, 0.4) is 0 Å². The standard InChI is InChI=1S/C11H11BrN4O.C7H6Br2.C4H6N4O.CH2O3.2K.H/c1-7-14-11(10(13)17)15-16(7)6-8-3-2-4-9(12)5-8;8-5-6-2-1-3-7(9)4-6;1-2-6-4(3(5)9)8-7-2;2-1-4-3;;;/h2-5H,6H2,1H3,(H2,13,17);1-4H,5H2;1H3,(H2,5,9)(H,6,7,8);1,3H;;;/q;;;;2*+1;-1/p-1. The van der Waals surface area contributed by atoms with Gasteiger partial charge in [0.15, 0.2) is 0 Å². The summed E-state index contributed by atoms with van der Waals surface area (Å²) in [5, 5.41) is 19.4. The molecule has 0 spiro atoms. The molecule has 13 nitrogen and oxygen atoms in total. The van der Waals surface area contributed by atoms with Gasteiger partial charge < -0.3 is 23.0 Å². The summed E-state index contributed by atoms with van der Waals surface area (Å²) in [6, 6.07) is 16.1. The Morgan fingerprint density at radius 2 is 1.51 bits per heavy atom. The summed E-state index contributed by atoms with van der Waals surface area (Å²) >= 11 is 10.2. The Hall–Kier alpha value is -0.197. The average molecular weight is 811 g/mol. The first-order valence-corrected chi connectivity index (χ1v) is 13.4. The number of amides is 2. The average Bonchev–Trinajstić information content (AvgIpc) is 3.51. The molecule has 0 bridgehead atoms. The van der Waals surface area contributed by atoms with E-state index in [1.165, 1.54) is 5.56 Å². The normalized spacial score (nSPS) is 9.02. The summed E-state index contributed by atoms with van der Waals surface area (Å²) in [6.45, 7) is 3.86. The van der Waals surface area contributed by atoms with Gasteiger partial charge in [-0.3, -0.25) is 19.5 Å². The third-order valence-corrected chi connectivity index (χ3v) is 5.83. The SMILES string of the molecule is BrCc1cccc(Br)c1.Cc1nc(C(N)=O)n[nH]1.Cc1nc(C(N)=O)nn1Cc1cccc(Br)c1.O=CO[O-].[H-].[K+].[K+]. The molecule has 4 aromatic rings. The maximum Gasteiger partial charge on any atom is 1.00 e. The fourth-order valence-electron chi connectivity index (χ4n) is 2.56. The first kappa shape index (κ1) is 42.9. The number of alkyl halides is 1. The number of aromatic nitrogens is 6. The van der Waals surface area contributed by atoms with Gasteiger partial charge in [0.05, 0.1) is 6.54 Å². The van der Waals surface area contributed by atoms with Crippen LogP contribution in [0.4, 0.5) is 0 Å². The van der Waals surface area contributed by atoms with Crippen molar-refractivity contribution in [2.24, 2.45) is 11.5 Å². The van der Waals surface area contributed by atoms with Crippen molar-refractivity contribution in [2.45, 2.75) is 25.7 Å². The van der Waals surface area contributed by atoms with Gasteiger partial charge in [0.2, 0.25) is 11.6 Å². The van der Waals surface area contributed by atoms with E-state index in [2.05, 4.69) is 90.1 Å². The smallest absolute Gasteiger partial charge is 1.00 e. The van der Waals surface area contributed by atoms with Gasteiger partial charge >= 0.3 is 103 Å². The van der Waals surface area contributed by atoms with E-state index in [1.807, 2.05) is 36.4 Å². The zero-order valence-corrected chi connectivity index (χ0v) is 33.7. The van der Waals surface area contributed by atoms with Crippen LogP contribution in [-0.4, -0.2) is 48.2 Å². The van der Waals surface area contributed by atoms with Crippen LogP contribution < -0.4 is 119 Å². The van der Waals surface area contributed by atoms with Gasteiger partial charge in [0, 0.05) is 14.3 Å². The van der Waals surface area contributed by atoms with E-state index in [1.54, 1.807) is 18.5 Å². The number of halogens is 3. The van der Waals surface area contributed by atoms with E-state index < -0.39 is 11.8 Å². The number of H-pyrrole nitrogens is 1. The molecule has 0 aliphatic rings. The first-order chi connectivity index (χ1) is 18.5.